The van der Waals surface area contributed by atoms with Crippen LogP contribution in [0.5, 0.6) is 5.75 Å². The molecule has 1 saturated heterocycles. The number of benzene rings is 1. The van der Waals surface area contributed by atoms with Crippen molar-refractivity contribution in [3.05, 3.63) is 24.3 Å². The van der Waals surface area contributed by atoms with Crippen molar-refractivity contribution in [2.75, 3.05) is 50.8 Å². The Hall–Kier alpha value is -2.28. The van der Waals surface area contributed by atoms with Crippen molar-refractivity contribution in [2.45, 2.75) is 20.8 Å². The van der Waals surface area contributed by atoms with Gasteiger partial charge in [-0.3, -0.25) is 10.1 Å². The molecule has 7 heteroatoms. The van der Waals surface area contributed by atoms with Crippen LogP contribution in [0.3, 0.4) is 0 Å². The molecule has 2 rings (SSSR count). The summed E-state index contributed by atoms with van der Waals surface area (Å²) in [6.07, 6.45) is 0. The lowest BCUT2D eigenvalue weighted by molar-refractivity contribution is -0.892. The minimum atomic E-state index is -0.410. The van der Waals surface area contributed by atoms with Gasteiger partial charge in [0.05, 0.1) is 38.5 Å². The van der Waals surface area contributed by atoms with Gasteiger partial charge in [0, 0.05) is 6.54 Å². The van der Waals surface area contributed by atoms with E-state index in [0.717, 1.165) is 37.6 Å². The Morgan fingerprint density at radius 3 is 2.58 bits per heavy atom. The summed E-state index contributed by atoms with van der Waals surface area (Å²) >= 11 is 0. The molecule has 0 spiro atoms. The highest BCUT2D eigenvalue weighted by Gasteiger charge is 2.24. The molecule has 3 N–H and O–H groups in total. The van der Waals surface area contributed by atoms with Gasteiger partial charge in [-0.05, 0) is 25.0 Å². The second-order valence-electron chi connectivity index (χ2n) is 6.97. The maximum Gasteiger partial charge on any atom is 0.321 e. The number of hydrogen-bond donors (Lipinski definition) is 3. The summed E-state index contributed by atoms with van der Waals surface area (Å²) < 4.78 is 5.71. The largest absolute Gasteiger partial charge is 0.492 e. The second kappa shape index (κ2) is 10.0. The molecule has 144 valence electrons. The lowest BCUT2D eigenvalue weighted by atomic mass is 10.2. The molecule has 1 aliphatic rings. The summed E-state index contributed by atoms with van der Waals surface area (Å²) in [6, 6.07) is 7.64. The number of para-hydroxylation sites is 2. The normalized spacial score (nSPS) is 15.0. The molecule has 1 aromatic carbocycles. The maximum atomic E-state index is 12.0. The van der Waals surface area contributed by atoms with Crippen molar-refractivity contribution in [2.24, 2.45) is 5.92 Å². The van der Waals surface area contributed by atoms with Gasteiger partial charge in [0.2, 0.25) is 0 Å². The van der Waals surface area contributed by atoms with E-state index in [9.17, 15) is 9.59 Å². The van der Waals surface area contributed by atoms with Gasteiger partial charge in [-0.15, -0.1) is 0 Å². The van der Waals surface area contributed by atoms with E-state index in [4.69, 9.17) is 4.74 Å². The predicted molar refractivity (Wildman–Crippen MR) is 102 cm³/mol. The average Bonchev–Trinajstić information content (AvgIpc) is 2.61. The molecule has 1 aromatic rings. The smallest absolute Gasteiger partial charge is 0.321 e. The number of urea groups is 1. The van der Waals surface area contributed by atoms with E-state index < -0.39 is 6.03 Å². The number of anilines is 1. The minimum absolute atomic E-state index is 0.232. The first-order chi connectivity index (χ1) is 12.5. The van der Waals surface area contributed by atoms with Crippen molar-refractivity contribution in [3.8, 4) is 5.75 Å². The van der Waals surface area contributed by atoms with Crippen LogP contribution < -0.4 is 25.2 Å². The summed E-state index contributed by atoms with van der Waals surface area (Å²) in [7, 11) is 0. The van der Waals surface area contributed by atoms with Crippen molar-refractivity contribution in [1.29, 1.82) is 0 Å². The standard InChI is InChI=1S/C19H30N4O3/c1-4-26-17-8-6-5-7-16(17)23-11-9-22(10-12-23)14-18(24)21-19(25)20-13-15(2)3/h5-8,15H,4,9-14H2,1-3H3,(H2,20,21,24,25)/p+1. The molecule has 0 radical (unpaired) electrons. The van der Waals surface area contributed by atoms with Crippen LogP contribution >= 0.6 is 0 Å². The Labute approximate surface area is 155 Å². The molecule has 1 heterocycles. The highest BCUT2D eigenvalue weighted by molar-refractivity contribution is 5.94. The van der Waals surface area contributed by atoms with Crippen LogP contribution in [0.4, 0.5) is 10.5 Å². The van der Waals surface area contributed by atoms with E-state index >= 15 is 0 Å². The first-order valence-electron chi connectivity index (χ1n) is 9.37. The van der Waals surface area contributed by atoms with Crippen LogP contribution in [-0.2, 0) is 4.79 Å². The highest BCUT2D eigenvalue weighted by atomic mass is 16.5. The summed E-state index contributed by atoms with van der Waals surface area (Å²) in [4.78, 5) is 27.2. The van der Waals surface area contributed by atoms with E-state index in [0.29, 0.717) is 25.6 Å². The number of quaternary nitrogens is 1. The van der Waals surface area contributed by atoms with Crippen molar-refractivity contribution in [1.82, 2.24) is 10.6 Å². The molecule has 0 bridgehead atoms. The SMILES string of the molecule is CCOc1ccccc1N1CC[NH+](CC(=O)NC(=O)NCC(C)C)CC1. The third kappa shape index (κ3) is 6.22. The first-order valence-corrected chi connectivity index (χ1v) is 9.37. The molecule has 26 heavy (non-hydrogen) atoms. The number of ether oxygens (including phenoxy) is 1. The van der Waals surface area contributed by atoms with E-state index in [1.807, 2.05) is 39.0 Å². The topological polar surface area (TPSA) is 75.1 Å². The lowest BCUT2D eigenvalue weighted by Crippen LogP contribution is -3.16. The highest BCUT2D eigenvalue weighted by Crippen LogP contribution is 2.27. The monoisotopic (exact) mass is 363 g/mol. The van der Waals surface area contributed by atoms with E-state index in [-0.39, 0.29) is 5.91 Å². The van der Waals surface area contributed by atoms with Crippen LogP contribution in [0, 0.1) is 5.92 Å². The Kier molecular flexibility index (Phi) is 7.72. The van der Waals surface area contributed by atoms with Gasteiger partial charge in [-0.25, -0.2) is 4.79 Å². The number of piperazine rings is 1. The molecule has 7 nitrogen and oxygen atoms in total. The lowest BCUT2D eigenvalue weighted by Gasteiger charge is -2.34. The fourth-order valence-electron chi connectivity index (χ4n) is 2.98. The molecular weight excluding hydrogens is 332 g/mol. The molecular formula is C19H31N4O3+. The van der Waals surface area contributed by atoms with Crippen LogP contribution in [0.2, 0.25) is 0 Å². The number of imide groups is 1. The molecule has 1 aliphatic heterocycles. The number of nitrogens with one attached hydrogen (secondary N) is 3. The van der Waals surface area contributed by atoms with E-state index in [1.54, 1.807) is 0 Å². The van der Waals surface area contributed by atoms with E-state index in [2.05, 4.69) is 21.6 Å². The number of hydrogen-bond acceptors (Lipinski definition) is 4. The zero-order chi connectivity index (χ0) is 18.9. The van der Waals surface area contributed by atoms with Crippen LogP contribution in [0.15, 0.2) is 24.3 Å². The van der Waals surface area contributed by atoms with Gasteiger partial charge in [0.25, 0.3) is 5.91 Å². The maximum absolute atomic E-state index is 12.0. The minimum Gasteiger partial charge on any atom is -0.492 e. The summed E-state index contributed by atoms with van der Waals surface area (Å²) in [5.74, 6) is 1.02. The summed E-state index contributed by atoms with van der Waals surface area (Å²) in [5.41, 5.74) is 1.10. The van der Waals surface area contributed by atoms with Gasteiger partial charge in [-0.2, -0.15) is 0 Å². The molecule has 0 atom stereocenters. The molecule has 0 aliphatic carbocycles. The van der Waals surface area contributed by atoms with Gasteiger partial charge >= 0.3 is 6.03 Å². The Balaban J connectivity index is 1.78. The van der Waals surface area contributed by atoms with Crippen molar-refractivity contribution >= 4 is 17.6 Å². The molecule has 3 amide bonds. The number of nitrogens with zero attached hydrogens (tertiary/aromatic N) is 1. The molecule has 0 unspecified atom stereocenters. The van der Waals surface area contributed by atoms with Crippen molar-refractivity contribution in [3.63, 3.8) is 0 Å². The van der Waals surface area contributed by atoms with Gasteiger partial charge < -0.3 is 19.9 Å². The van der Waals surface area contributed by atoms with Crippen LogP contribution in [-0.4, -0.2) is 57.8 Å². The number of amides is 3. The second-order valence-corrected chi connectivity index (χ2v) is 6.97. The molecule has 0 saturated carbocycles. The Morgan fingerprint density at radius 1 is 1.23 bits per heavy atom. The quantitative estimate of drug-likeness (QED) is 0.650. The summed E-state index contributed by atoms with van der Waals surface area (Å²) in [5, 5.41) is 5.10. The third-order valence-corrected chi connectivity index (χ3v) is 4.31. The average molecular weight is 363 g/mol. The fraction of sp³-hybridized carbons (Fsp3) is 0.579. The fourth-order valence-corrected chi connectivity index (χ4v) is 2.98. The Bertz CT molecular complexity index is 598. The van der Waals surface area contributed by atoms with Crippen LogP contribution in [0.1, 0.15) is 20.8 Å². The zero-order valence-electron chi connectivity index (χ0n) is 16.0. The molecule has 1 fully saturated rings. The first kappa shape index (κ1) is 20.0. The number of carbonyl (C=O) groups excluding carboxylic acids is 2. The van der Waals surface area contributed by atoms with Crippen LogP contribution in [0.25, 0.3) is 0 Å². The summed E-state index contributed by atoms with van der Waals surface area (Å²) in [6.45, 7) is 10.9. The van der Waals surface area contributed by atoms with Gasteiger partial charge in [0.15, 0.2) is 6.54 Å². The van der Waals surface area contributed by atoms with Crippen molar-refractivity contribution < 1.29 is 19.2 Å². The predicted octanol–water partition coefficient (Wildman–Crippen LogP) is 0.272. The van der Waals surface area contributed by atoms with E-state index in [1.165, 1.54) is 4.90 Å². The number of rotatable bonds is 7. The number of carbonyl (C=O) groups is 2. The van der Waals surface area contributed by atoms with Gasteiger partial charge in [0.1, 0.15) is 5.75 Å². The zero-order valence-corrected chi connectivity index (χ0v) is 16.0. The van der Waals surface area contributed by atoms with Gasteiger partial charge in [-0.1, -0.05) is 26.0 Å². The molecule has 0 aromatic heterocycles. The Morgan fingerprint density at radius 2 is 1.92 bits per heavy atom. The third-order valence-electron chi connectivity index (χ3n) is 4.31.